The van der Waals surface area contributed by atoms with Gasteiger partial charge < -0.3 is 4.74 Å². The maximum atomic E-state index is 5.98. The molecule has 1 aromatic rings. The van der Waals surface area contributed by atoms with Crippen molar-refractivity contribution in [2.24, 2.45) is 16.3 Å². The zero-order valence-electron chi connectivity index (χ0n) is 12.7. The molecule has 2 heteroatoms. The van der Waals surface area contributed by atoms with Crippen LogP contribution in [-0.2, 0) is 11.2 Å². The molecule has 0 aromatic heterocycles. The lowest BCUT2D eigenvalue weighted by Gasteiger charge is -2.26. The first-order valence-electron chi connectivity index (χ1n) is 7.16. The average Bonchev–Trinajstić information content (AvgIpc) is 2.70. The summed E-state index contributed by atoms with van der Waals surface area (Å²) >= 11 is 0. The van der Waals surface area contributed by atoms with Crippen LogP contribution in [0.4, 0.5) is 0 Å². The lowest BCUT2D eigenvalue weighted by atomic mass is 9.82. The van der Waals surface area contributed by atoms with Gasteiger partial charge in [-0.1, -0.05) is 58.0 Å². The number of aliphatic imine (C=N–C) groups is 1. The minimum Gasteiger partial charge on any atom is -0.475 e. The summed E-state index contributed by atoms with van der Waals surface area (Å²) in [5.74, 6) is 1.29. The summed E-state index contributed by atoms with van der Waals surface area (Å²) < 4.78 is 5.98. The normalized spacial score (nSPS) is 24.8. The number of ether oxygens (including phenoxy) is 1. The molecule has 19 heavy (non-hydrogen) atoms. The van der Waals surface area contributed by atoms with Gasteiger partial charge in [0.15, 0.2) is 5.90 Å². The minimum absolute atomic E-state index is 0.181. The van der Waals surface area contributed by atoms with Crippen molar-refractivity contribution >= 4 is 5.90 Å². The van der Waals surface area contributed by atoms with Gasteiger partial charge in [0.25, 0.3) is 0 Å². The molecule has 2 nitrogen and oxygen atoms in total. The molecule has 0 N–H and O–H groups in total. The zero-order chi connectivity index (χ0) is 14.0. The summed E-state index contributed by atoms with van der Waals surface area (Å²) in [5, 5.41) is 0. The second-order valence-electron chi connectivity index (χ2n) is 6.64. The molecule has 1 aliphatic heterocycles. The highest BCUT2D eigenvalue weighted by Gasteiger charge is 2.34. The summed E-state index contributed by atoms with van der Waals surface area (Å²) in [7, 11) is 0. The standard InChI is InChI=1S/C17H25NO/c1-12(17(3,4)5)16-18-15(13(2)19-16)11-14-9-7-6-8-10-14/h6-10,12-13,15H,11H2,1-5H3/t12-,13+,15+/m1/s1. The Labute approximate surface area is 116 Å². The lowest BCUT2D eigenvalue weighted by Crippen LogP contribution is -2.27. The van der Waals surface area contributed by atoms with Gasteiger partial charge >= 0.3 is 0 Å². The van der Waals surface area contributed by atoms with E-state index >= 15 is 0 Å². The van der Waals surface area contributed by atoms with E-state index < -0.39 is 0 Å². The first-order valence-corrected chi connectivity index (χ1v) is 7.16. The third-order valence-electron chi connectivity index (χ3n) is 4.10. The van der Waals surface area contributed by atoms with Gasteiger partial charge in [-0.05, 0) is 24.3 Å². The van der Waals surface area contributed by atoms with Crippen molar-refractivity contribution in [3.8, 4) is 0 Å². The van der Waals surface area contributed by atoms with Crippen LogP contribution in [0.15, 0.2) is 35.3 Å². The van der Waals surface area contributed by atoms with Crippen molar-refractivity contribution in [1.29, 1.82) is 0 Å². The van der Waals surface area contributed by atoms with Crippen molar-refractivity contribution in [2.75, 3.05) is 0 Å². The number of benzene rings is 1. The van der Waals surface area contributed by atoms with E-state index in [4.69, 9.17) is 9.73 Å². The highest BCUT2D eigenvalue weighted by molar-refractivity contribution is 5.81. The van der Waals surface area contributed by atoms with Crippen molar-refractivity contribution in [2.45, 2.75) is 53.2 Å². The molecule has 0 saturated heterocycles. The molecule has 0 saturated carbocycles. The second-order valence-corrected chi connectivity index (χ2v) is 6.64. The maximum Gasteiger partial charge on any atom is 0.187 e. The number of hydrogen-bond donors (Lipinski definition) is 0. The molecule has 0 aliphatic carbocycles. The Bertz CT molecular complexity index is 444. The summed E-state index contributed by atoms with van der Waals surface area (Å²) in [4.78, 5) is 4.83. The number of hydrogen-bond acceptors (Lipinski definition) is 2. The van der Waals surface area contributed by atoms with E-state index in [2.05, 4.69) is 65.0 Å². The molecule has 0 fully saturated rings. The molecule has 1 heterocycles. The van der Waals surface area contributed by atoms with Crippen molar-refractivity contribution in [3.05, 3.63) is 35.9 Å². The van der Waals surface area contributed by atoms with E-state index in [9.17, 15) is 0 Å². The van der Waals surface area contributed by atoms with Crippen molar-refractivity contribution < 1.29 is 4.74 Å². The molecule has 2 rings (SSSR count). The Morgan fingerprint density at radius 1 is 1.21 bits per heavy atom. The SMILES string of the molecule is C[C@@H]1OC([C@@H](C)C(C)(C)C)=N[C@H]1Cc1ccccc1. The molecule has 0 radical (unpaired) electrons. The molecular formula is C17H25NO. The third kappa shape index (κ3) is 3.37. The van der Waals surface area contributed by atoms with Crippen LogP contribution in [0, 0.1) is 11.3 Å². The topological polar surface area (TPSA) is 21.6 Å². The van der Waals surface area contributed by atoms with Gasteiger partial charge in [0, 0.05) is 5.92 Å². The first-order chi connectivity index (χ1) is 8.88. The predicted octanol–water partition coefficient (Wildman–Crippen LogP) is 4.10. The van der Waals surface area contributed by atoms with Crippen LogP contribution >= 0.6 is 0 Å². The first kappa shape index (κ1) is 14.1. The Kier molecular flexibility index (Phi) is 3.98. The van der Waals surface area contributed by atoms with E-state index in [1.165, 1.54) is 5.56 Å². The Morgan fingerprint density at radius 3 is 2.42 bits per heavy atom. The Hall–Kier alpha value is -1.31. The smallest absolute Gasteiger partial charge is 0.187 e. The number of rotatable bonds is 3. The van der Waals surface area contributed by atoms with Gasteiger partial charge in [0.05, 0.1) is 6.04 Å². The van der Waals surface area contributed by atoms with Crippen LogP contribution in [0.3, 0.4) is 0 Å². The van der Waals surface area contributed by atoms with Gasteiger partial charge in [0.2, 0.25) is 0 Å². The average molecular weight is 259 g/mol. The van der Waals surface area contributed by atoms with Crippen LogP contribution in [0.25, 0.3) is 0 Å². The van der Waals surface area contributed by atoms with E-state index in [0.29, 0.717) is 5.92 Å². The number of nitrogens with zero attached hydrogens (tertiary/aromatic N) is 1. The molecule has 3 atom stereocenters. The van der Waals surface area contributed by atoms with Crippen molar-refractivity contribution in [3.63, 3.8) is 0 Å². The zero-order valence-corrected chi connectivity index (χ0v) is 12.7. The fourth-order valence-electron chi connectivity index (χ4n) is 2.22. The molecule has 0 bridgehead atoms. The molecular weight excluding hydrogens is 234 g/mol. The quantitative estimate of drug-likeness (QED) is 0.801. The van der Waals surface area contributed by atoms with Crippen LogP contribution in [0.1, 0.15) is 40.2 Å². The van der Waals surface area contributed by atoms with E-state index in [1.807, 2.05) is 0 Å². The fourth-order valence-corrected chi connectivity index (χ4v) is 2.22. The van der Waals surface area contributed by atoms with Crippen LogP contribution in [0.2, 0.25) is 0 Å². The van der Waals surface area contributed by atoms with E-state index in [1.54, 1.807) is 0 Å². The van der Waals surface area contributed by atoms with Crippen LogP contribution in [-0.4, -0.2) is 18.0 Å². The third-order valence-corrected chi connectivity index (χ3v) is 4.10. The summed E-state index contributed by atoms with van der Waals surface area (Å²) in [5.41, 5.74) is 1.52. The summed E-state index contributed by atoms with van der Waals surface area (Å²) in [6.07, 6.45) is 1.14. The van der Waals surface area contributed by atoms with Gasteiger partial charge in [-0.25, -0.2) is 4.99 Å². The van der Waals surface area contributed by atoms with E-state index in [-0.39, 0.29) is 17.6 Å². The monoisotopic (exact) mass is 259 g/mol. The van der Waals surface area contributed by atoms with Gasteiger partial charge in [-0.3, -0.25) is 0 Å². The second kappa shape index (κ2) is 5.36. The lowest BCUT2D eigenvalue weighted by molar-refractivity contribution is 0.183. The fraction of sp³-hybridized carbons (Fsp3) is 0.588. The molecule has 104 valence electrons. The summed E-state index contributed by atoms with van der Waals surface area (Å²) in [6, 6.07) is 10.8. The van der Waals surface area contributed by atoms with Gasteiger partial charge in [0.1, 0.15) is 6.10 Å². The Balaban J connectivity index is 2.09. The molecule has 0 spiro atoms. The molecule has 0 amide bonds. The molecule has 1 aromatic carbocycles. The maximum absolute atomic E-state index is 5.98. The van der Waals surface area contributed by atoms with E-state index in [0.717, 1.165) is 12.3 Å². The highest BCUT2D eigenvalue weighted by atomic mass is 16.5. The molecule has 1 aliphatic rings. The van der Waals surface area contributed by atoms with Gasteiger partial charge in [-0.2, -0.15) is 0 Å². The largest absolute Gasteiger partial charge is 0.475 e. The summed E-state index contributed by atoms with van der Waals surface area (Å²) in [6.45, 7) is 11.0. The van der Waals surface area contributed by atoms with Crippen LogP contribution < -0.4 is 0 Å². The highest BCUT2D eigenvalue weighted by Crippen LogP contribution is 2.31. The molecule has 0 unspecified atom stereocenters. The van der Waals surface area contributed by atoms with Crippen molar-refractivity contribution in [1.82, 2.24) is 0 Å². The minimum atomic E-state index is 0.181. The Morgan fingerprint density at radius 2 is 1.84 bits per heavy atom. The van der Waals surface area contributed by atoms with Gasteiger partial charge in [-0.15, -0.1) is 0 Å². The predicted molar refractivity (Wildman–Crippen MR) is 80.5 cm³/mol. The van der Waals surface area contributed by atoms with Crippen LogP contribution in [0.5, 0.6) is 0 Å².